The fourth-order valence-electron chi connectivity index (χ4n) is 1.47. The maximum atomic E-state index is 4.27. The Labute approximate surface area is 88.7 Å². The number of nitrogens with one attached hydrogen (secondary N) is 1. The molecule has 0 aliphatic carbocycles. The lowest BCUT2D eigenvalue weighted by Crippen LogP contribution is -2.08. The summed E-state index contributed by atoms with van der Waals surface area (Å²) in [7, 11) is 1.90. The highest BCUT2D eigenvalue weighted by atomic mass is 15.3. The molecule has 0 amide bonds. The topological polar surface area (TPSA) is 47.7 Å². The minimum atomic E-state index is 0.706. The van der Waals surface area contributed by atoms with Crippen LogP contribution in [0.5, 0.6) is 0 Å². The molecule has 2 aromatic heterocycles. The first-order valence-corrected chi connectivity index (χ1v) is 5.03. The van der Waals surface area contributed by atoms with Gasteiger partial charge in [-0.1, -0.05) is 0 Å². The van der Waals surface area contributed by atoms with Gasteiger partial charge >= 0.3 is 0 Å². The number of anilines is 1. The van der Waals surface area contributed by atoms with Gasteiger partial charge in [-0.3, -0.25) is 4.68 Å². The minimum Gasteiger partial charge on any atom is -0.361 e. The largest absolute Gasteiger partial charge is 0.361 e. The minimum absolute atomic E-state index is 0.706. The Hall–Kier alpha value is -1.78. The quantitative estimate of drug-likeness (QED) is 0.817. The molecule has 2 heterocycles. The van der Waals surface area contributed by atoms with Gasteiger partial charge in [-0.15, -0.1) is 0 Å². The first kappa shape index (κ1) is 9.76. The first-order valence-electron chi connectivity index (χ1n) is 5.03. The maximum Gasteiger partial charge on any atom is 0.148 e. The monoisotopic (exact) mass is 205 g/mol. The zero-order chi connectivity index (χ0) is 10.7. The van der Waals surface area contributed by atoms with Crippen molar-refractivity contribution < 1.29 is 0 Å². The molecule has 80 valence electrons. The van der Waals surface area contributed by atoms with Crippen molar-refractivity contribution in [3.05, 3.63) is 30.5 Å². The van der Waals surface area contributed by atoms with Crippen LogP contribution in [0.3, 0.4) is 0 Å². The molecule has 5 heteroatoms. The Bertz CT molecular complexity index is 428. The van der Waals surface area contributed by atoms with Crippen molar-refractivity contribution >= 4 is 5.82 Å². The van der Waals surface area contributed by atoms with Crippen LogP contribution in [-0.2, 0) is 20.1 Å². The van der Waals surface area contributed by atoms with Crippen LogP contribution >= 0.6 is 0 Å². The molecule has 0 atom stereocenters. The van der Waals surface area contributed by atoms with E-state index in [2.05, 4.69) is 26.9 Å². The van der Waals surface area contributed by atoms with Gasteiger partial charge in [0.2, 0.25) is 0 Å². The molecule has 0 aliphatic rings. The summed E-state index contributed by atoms with van der Waals surface area (Å²) >= 11 is 0. The highest BCUT2D eigenvalue weighted by Gasteiger charge is 2.01. The summed E-state index contributed by atoms with van der Waals surface area (Å²) in [5, 5.41) is 7.46. The van der Waals surface area contributed by atoms with Gasteiger partial charge in [0.25, 0.3) is 0 Å². The van der Waals surface area contributed by atoms with Gasteiger partial charge < -0.3 is 9.88 Å². The van der Waals surface area contributed by atoms with Crippen molar-refractivity contribution in [2.24, 2.45) is 7.05 Å². The average molecular weight is 205 g/mol. The molecule has 0 fully saturated rings. The molecular weight excluding hydrogens is 190 g/mol. The molecule has 0 saturated carbocycles. The molecule has 2 rings (SSSR count). The normalized spacial score (nSPS) is 10.5. The van der Waals surface area contributed by atoms with Gasteiger partial charge in [0.15, 0.2) is 0 Å². The second-order valence-corrected chi connectivity index (χ2v) is 3.36. The zero-order valence-electron chi connectivity index (χ0n) is 9.01. The van der Waals surface area contributed by atoms with E-state index >= 15 is 0 Å². The third-order valence-corrected chi connectivity index (χ3v) is 2.28. The zero-order valence-corrected chi connectivity index (χ0v) is 9.01. The summed E-state index contributed by atoms with van der Waals surface area (Å²) in [5.41, 5.74) is 0. The number of nitrogens with zero attached hydrogens (tertiary/aromatic N) is 4. The van der Waals surface area contributed by atoms with Crippen molar-refractivity contribution in [2.45, 2.75) is 20.0 Å². The van der Waals surface area contributed by atoms with Gasteiger partial charge in [0, 0.05) is 38.2 Å². The second-order valence-electron chi connectivity index (χ2n) is 3.36. The molecule has 15 heavy (non-hydrogen) atoms. The Balaban J connectivity index is 1.98. The third kappa shape index (κ3) is 2.18. The molecule has 0 aliphatic heterocycles. The van der Waals surface area contributed by atoms with E-state index < -0.39 is 0 Å². The van der Waals surface area contributed by atoms with Crippen molar-refractivity contribution in [2.75, 3.05) is 5.32 Å². The SMILES string of the molecule is CCn1ccnc1CNc1ccn(C)n1. The smallest absolute Gasteiger partial charge is 0.148 e. The predicted octanol–water partition coefficient (Wildman–Crippen LogP) is 1.25. The van der Waals surface area contributed by atoms with E-state index in [0.717, 1.165) is 18.2 Å². The fourth-order valence-corrected chi connectivity index (χ4v) is 1.47. The highest BCUT2D eigenvalue weighted by molar-refractivity contribution is 5.32. The van der Waals surface area contributed by atoms with Crippen molar-refractivity contribution in [1.29, 1.82) is 0 Å². The van der Waals surface area contributed by atoms with E-state index in [0.29, 0.717) is 6.54 Å². The summed E-state index contributed by atoms with van der Waals surface area (Å²) in [6, 6.07) is 1.94. The van der Waals surface area contributed by atoms with Gasteiger partial charge in [-0.05, 0) is 6.92 Å². The summed E-state index contributed by atoms with van der Waals surface area (Å²) in [6.07, 6.45) is 5.71. The van der Waals surface area contributed by atoms with Crippen LogP contribution in [0.15, 0.2) is 24.7 Å². The van der Waals surface area contributed by atoms with E-state index in [9.17, 15) is 0 Å². The van der Waals surface area contributed by atoms with Crippen LogP contribution in [-0.4, -0.2) is 19.3 Å². The Morgan fingerprint density at radius 3 is 2.93 bits per heavy atom. The van der Waals surface area contributed by atoms with Crippen LogP contribution in [0, 0.1) is 0 Å². The molecule has 0 spiro atoms. The fraction of sp³-hybridized carbons (Fsp3) is 0.400. The predicted molar refractivity (Wildman–Crippen MR) is 58.4 cm³/mol. The Morgan fingerprint density at radius 2 is 2.27 bits per heavy atom. The van der Waals surface area contributed by atoms with Gasteiger partial charge in [-0.2, -0.15) is 5.10 Å². The molecule has 0 aromatic carbocycles. The van der Waals surface area contributed by atoms with Crippen LogP contribution in [0.2, 0.25) is 0 Å². The lowest BCUT2D eigenvalue weighted by molar-refractivity contribution is 0.705. The molecule has 5 nitrogen and oxygen atoms in total. The molecular formula is C10H15N5. The number of imidazole rings is 1. The van der Waals surface area contributed by atoms with Crippen LogP contribution in [0.4, 0.5) is 5.82 Å². The molecule has 2 aromatic rings. The Kier molecular flexibility index (Phi) is 2.71. The van der Waals surface area contributed by atoms with Crippen LogP contribution in [0.1, 0.15) is 12.7 Å². The standard InChI is InChI=1S/C10H15N5/c1-3-15-7-5-11-10(15)8-12-9-4-6-14(2)13-9/h4-7H,3,8H2,1-2H3,(H,12,13). The van der Waals surface area contributed by atoms with E-state index in [1.165, 1.54) is 0 Å². The van der Waals surface area contributed by atoms with E-state index in [1.807, 2.05) is 31.7 Å². The average Bonchev–Trinajstić information content (AvgIpc) is 2.83. The maximum absolute atomic E-state index is 4.27. The third-order valence-electron chi connectivity index (χ3n) is 2.28. The summed E-state index contributed by atoms with van der Waals surface area (Å²) in [4.78, 5) is 4.27. The van der Waals surface area contributed by atoms with Crippen LogP contribution < -0.4 is 5.32 Å². The van der Waals surface area contributed by atoms with Crippen molar-refractivity contribution in [3.8, 4) is 0 Å². The molecule has 0 saturated heterocycles. The lowest BCUT2D eigenvalue weighted by atomic mass is 10.5. The van der Waals surface area contributed by atoms with Crippen molar-refractivity contribution in [1.82, 2.24) is 19.3 Å². The summed E-state index contributed by atoms with van der Waals surface area (Å²) < 4.78 is 3.88. The van der Waals surface area contributed by atoms with Gasteiger partial charge in [-0.25, -0.2) is 4.98 Å². The molecule has 0 radical (unpaired) electrons. The van der Waals surface area contributed by atoms with E-state index in [1.54, 1.807) is 4.68 Å². The Morgan fingerprint density at radius 1 is 1.40 bits per heavy atom. The number of hydrogen-bond donors (Lipinski definition) is 1. The highest BCUT2D eigenvalue weighted by Crippen LogP contribution is 2.04. The summed E-state index contributed by atoms with van der Waals surface area (Å²) in [6.45, 7) is 3.75. The second kappa shape index (κ2) is 4.16. The van der Waals surface area contributed by atoms with Crippen molar-refractivity contribution in [3.63, 3.8) is 0 Å². The molecule has 1 N–H and O–H groups in total. The summed E-state index contributed by atoms with van der Waals surface area (Å²) in [5.74, 6) is 1.91. The van der Waals surface area contributed by atoms with E-state index in [-0.39, 0.29) is 0 Å². The van der Waals surface area contributed by atoms with Crippen LogP contribution in [0.25, 0.3) is 0 Å². The number of aryl methyl sites for hydroxylation is 2. The molecule has 0 bridgehead atoms. The number of rotatable bonds is 4. The van der Waals surface area contributed by atoms with Gasteiger partial charge in [0.05, 0.1) is 6.54 Å². The first-order chi connectivity index (χ1) is 7.29. The van der Waals surface area contributed by atoms with E-state index in [4.69, 9.17) is 0 Å². The number of aromatic nitrogens is 4. The van der Waals surface area contributed by atoms with Gasteiger partial charge in [0.1, 0.15) is 11.6 Å². The molecule has 0 unspecified atom stereocenters. The number of hydrogen-bond acceptors (Lipinski definition) is 3. The lowest BCUT2D eigenvalue weighted by Gasteiger charge is -2.05.